The van der Waals surface area contributed by atoms with Gasteiger partial charge in [0.1, 0.15) is 5.82 Å². The Morgan fingerprint density at radius 1 is 1.07 bits per heavy atom. The molecule has 0 aliphatic carbocycles. The van der Waals surface area contributed by atoms with Crippen LogP contribution in [0.3, 0.4) is 0 Å². The molecule has 0 saturated heterocycles. The van der Waals surface area contributed by atoms with E-state index in [1.807, 2.05) is 25.1 Å². The number of nitrogen functional groups attached to an aromatic ring is 1. The number of benzene rings is 2. The van der Waals surface area contributed by atoms with Crippen LogP contribution in [-0.2, 0) is 9.84 Å². The summed E-state index contributed by atoms with van der Waals surface area (Å²) in [6, 6.07) is 15.5. The molecule has 1 heterocycles. The second-order valence-electron chi connectivity index (χ2n) is 6.90. The van der Waals surface area contributed by atoms with E-state index in [4.69, 9.17) is 11.1 Å². The second-order valence-corrected chi connectivity index (χ2v) is 8.91. The molecule has 0 spiro atoms. The summed E-state index contributed by atoms with van der Waals surface area (Å²) >= 11 is 0. The van der Waals surface area contributed by atoms with E-state index in [-0.39, 0.29) is 10.6 Å². The molecule has 3 rings (SSSR count). The number of rotatable bonds is 6. The number of nitrogens with zero attached hydrogens (tertiary/aromatic N) is 2. The quantitative estimate of drug-likeness (QED) is 0.425. The second kappa shape index (κ2) is 7.92. The summed E-state index contributed by atoms with van der Waals surface area (Å²) in [7, 11) is 0.479. The van der Waals surface area contributed by atoms with Crippen molar-refractivity contribution in [3.63, 3.8) is 0 Å². The highest BCUT2D eigenvalue weighted by atomic mass is 32.2. The molecule has 0 unspecified atom stereocenters. The average Bonchev–Trinajstić information content (AvgIpc) is 2.68. The van der Waals surface area contributed by atoms with Crippen LogP contribution in [0.5, 0.6) is 0 Å². The van der Waals surface area contributed by atoms with E-state index in [0.29, 0.717) is 28.2 Å². The van der Waals surface area contributed by atoms with E-state index in [9.17, 15) is 8.42 Å². The van der Waals surface area contributed by atoms with Gasteiger partial charge in [-0.2, -0.15) is 0 Å². The number of hydrogen-bond acceptors (Lipinski definition) is 7. The number of sulfone groups is 1. The Hall–Kier alpha value is -3.39. The van der Waals surface area contributed by atoms with E-state index in [1.54, 1.807) is 54.7 Å². The molecule has 0 fully saturated rings. The molecule has 0 radical (unpaired) electrons. The Morgan fingerprint density at radius 3 is 2.48 bits per heavy atom. The van der Waals surface area contributed by atoms with Gasteiger partial charge in [0.2, 0.25) is 0 Å². The smallest absolute Gasteiger partial charge is 0.175 e. The van der Waals surface area contributed by atoms with Crippen molar-refractivity contribution < 1.29 is 8.42 Å². The molecule has 150 valence electrons. The Morgan fingerprint density at radius 2 is 1.79 bits per heavy atom. The third-order valence-electron chi connectivity index (χ3n) is 4.37. The van der Waals surface area contributed by atoms with Gasteiger partial charge in [0, 0.05) is 54.7 Å². The van der Waals surface area contributed by atoms with Gasteiger partial charge in [0.05, 0.1) is 10.6 Å². The van der Waals surface area contributed by atoms with Crippen LogP contribution in [0, 0.1) is 5.41 Å². The van der Waals surface area contributed by atoms with E-state index in [2.05, 4.69) is 10.3 Å². The zero-order valence-electron chi connectivity index (χ0n) is 16.5. The maximum atomic E-state index is 11.8. The third kappa shape index (κ3) is 4.72. The van der Waals surface area contributed by atoms with Gasteiger partial charge in [-0.15, -0.1) is 0 Å². The van der Waals surface area contributed by atoms with Crippen molar-refractivity contribution in [2.45, 2.75) is 4.90 Å². The van der Waals surface area contributed by atoms with Crippen molar-refractivity contribution in [1.82, 2.24) is 4.98 Å². The first-order valence-electron chi connectivity index (χ1n) is 8.84. The van der Waals surface area contributed by atoms with Gasteiger partial charge in [0.15, 0.2) is 9.84 Å². The van der Waals surface area contributed by atoms with Crippen molar-refractivity contribution in [2.24, 2.45) is 0 Å². The fraction of sp³-hybridized carbons (Fsp3) is 0.143. The molecule has 29 heavy (non-hydrogen) atoms. The highest BCUT2D eigenvalue weighted by Crippen LogP contribution is 2.25. The van der Waals surface area contributed by atoms with Crippen LogP contribution in [-0.4, -0.2) is 39.5 Å². The van der Waals surface area contributed by atoms with Crippen LogP contribution >= 0.6 is 0 Å². The fourth-order valence-electron chi connectivity index (χ4n) is 2.80. The van der Waals surface area contributed by atoms with Crippen molar-refractivity contribution in [1.29, 1.82) is 5.41 Å². The molecule has 0 bridgehead atoms. The Bertz CT molecular complexity index is 1170. The van der Waals surface area contributed by atoms with Crippen molar-refractivity contribution in [3.8, 4) is 0 Å². The molecule has 7 nitrogen and oxygen atoms in total. The largest absolute Gasteiger partial charge is 0.398 e. The van der Waals surface area contributed by atoms with Crippen LogP contribution in [0.15, 0.2) is 65.7 Å². The number of nitrogens with two attached hydrogens (primary N) is 1. The van der Waals surface area contributed by atoms with Gasteiger partial charge in [-0.1, -0.05) is 6.07 Å². The predicted molar refractivity (Wildman–Crippen MR) is 118 cm³/mol. The molecule has 0 amide bonds. The molecule has 4 N–H and O–H groups in total. The third-order valence-corrected chi connectivity index (χ3v) is 5.48. The average molecular weight is 410 g/mol. The maximum absolute atomic E-state index is 11.8. The Balaban J connectivity index is 1.93. The SMILES string of the molecule is CN(C)c1cc(C(=N)c2cc(Nc3cccc(S(C)(=O)=O)c3)ccc2N)ccn1. The van der Waals surface area contributed by atoms with Crippen LogP contribution in [0.25, 0.3) is 0 Å². The van der Waals surface area contributed by atoms with Crippen molar-refractivity contribution >= 4 is 38.4 Å². The molecule has 0 saturated carbocycles. The monoisotopic (exact) mass is 409 g/mol. The summed E-state index contributed by atoms with van der Waals surface area (Å²) in [5.41, 5.74) is 9.49. The Kier molecular flexibility index (Phi) is 5.56. The van der Waals surface area contributed by atoms with Crippen molar-refractivity contribution in [2.75, 3.05) is 36.3 Å². The maximum Gasteiger partial charge on any atom is 0.175 e. The summed E-state index contributed by atoms with van der Waals surface area (Å²) in [6.07, 6.45) is 2.83. The van der Waals surface area contributed by atoms with Gasteiger partial charge in [-0.3, -0.25) is 5.41 Å². The molecule has 8 heteroatoms. The molecular formula is C21H23N5O2S. The topological polar surface area (TPSA) is 112 Å². The minimum absolute atomic E-state index is 0.235. The van der Waals surface area contributed by atoms with E-state index in [0.717, 1.165) is 5.82 Å². The van der Waals surface area contributed by atoms with Gasteiger partial charge < -0.3 is 16.0 Å². The molecule has 3 aromatic rings. The first-order valence-corrected chi connectivity index (χ1v) is 10.7. The predicted octanol–water partition coefficient (Wildman–Crippen LogP) is 3.29. The summed E-state index contributed by atoms with van der Waals surface area (Å²) in [5.74, 6) is 0.748. The number of pyridine rings is 1. The van der Waals surface area contributed by atoms with Crippen molar-refractivity contribution in [3.05, 3.63) is 71.9 Å². The molecule has 0 aliphatic rings. The lowest BCUT2D eigenvalue weighted by atomic mass is 10.0. The zero-order chi connectivity index (χ0) is 21.2. The van der Waals surface area contributed by atoms with Crippen LogP contribution in [0.1, 0.15) is 11.1 Å². The highest BCUT2D eigenvalue weighted by Gasteiger charge is 2.12. The van der Waals surface area contributed by atoms with Gasteiger partial charge >= 0.3 is 0 Å². The van der Waals surface area contributed by atoms with E-state index in [1.165, 1.54) is 6.26 Å². The standard InChI is InChI=1S/C21H23N5O2S/c1-26(2)20-11-14(9-10-24-20)21(23)18-13-16(7-8-19(18)22)25-15-5-4-6-17(12-15)29(3,27)28/h4-13,23,25H,22H2,1-3H3. The number of aromatic nitrogens is 1. The van der Waals surface area contributed by atoms with Crippen LogP contribution in [0.4, 0.5) is 22.9 Å². The van der Waals surface area contributed by atoms with Gasteiger partial charge in [0.25, 0.3) is 0 Å². The molecule has 0 atom stereocenters. The van der Waals surface area contributed by atoms with E-state index >= 15 is 0 Å². The number of nitrogens with one attached hydrogen (secondary N) is 2. The van der Waals surface area contributed by atoms with Crippen LogP contribution in [0.2, 0.25) is 0 Å². The lowest BCUT2D eigenvalue weighted by Crippen LogP contribution is -2.12. The zero-order valence-corrected chi connectivity index (χ0v) is 17.3. The fourth-order valence-corrected chi connectivity index (χ4v) is 3.46. The van der Waals surface area contributed by atoms with Crippen LogP contribution < -0.4 is 16.0 Å². The summed E-state index contributed by atoms with van der Waals surface area (Å²) in [5, 5.41) is 11.8. The van der Waals surface area contributed by atoms with E-state index < -0.39 is 9.84 Å². The lowest BCUT2D eigenvalue weighted by Gasteiger charge is -2.15. The summed E-state index contributed by atoms with van der Waals surface area (Å²) in [4.78, 5) is 6.38. The highest BCUT2D eigenvalue weighted by molar-refractivity contribution is 7.90. The molecule has 2 aromatic carbocycles. The number of hydrogen-bond donors (Lipinski definition) is 3. The van der Waals surface area contributed by atoms with Gasteiger partial charge in [-0.05, 0) is 48.5 Å². The Labute approximate surface area is 170 Å². The minimum Gasteiger partial charge on any atom is -0.398 e. The molecule has 0 aliphatic heterocycles. The molecular weight excluding hydrogens is 386 g/mol. The first-order chi connectivity index (χ1) is 13.6. The summed E-state index contributed by atoms with van der Waals surface area (Å²) in [6.45, 7) is 0. The molecule has 1 aromatic heterocycles. The summed E-state index contributed by atoms with van der Waals surface area (Å²) < 4.78 is 23.6. The normalized spacial score (nSPS) is 11.1. The van der Waals surface area contributed by atoms with Gasteiger partial charge in [-0.25, -0.2) is 13.4 Å². The lowest BCUT2D eigenvalue weighted by molar-refractivity contribution is 0.602. The first kappa shape index (κ1) is 20.3. The minimum atomic E-state index is -3.30. The number of anilines is 4.